The molecule has 1 aromatic rings. The standard InChI is InChI=1S/C12H16N2O6/c1-20-7-9(4-5-15)13-8-2-3-10(12(16)17)11(6-8)14(18)19/h2-3,6,9,13,15H,4-5,7H2,1H3,(H,16,17). The molecule has 0 amide bonds. The summed E-state index contributed by atoms with van der Waals surface area (Å²) in [5.74, 6) is -1.35. The van der Waals surface area contributed by atoms with E-state index >= 15 is 0 Å². The van der Waals surface area contributed by atoms with Crippen molar-refractivity contribution in [3.05, 3.63) is 33.9 Å². The van der Waals surface area contributed by atoms with Gasteiger partial charge in [-0.1, -0.05) is 0 Å². The van der Waals surface area contributed by atoms with Gasteiger partial charge in [-0.25, -0.2) is 4.79 Å². The number of anilines is 1. The second-order valence-corrected chi connectivity index (χ2v) is 4.10. The molecule has 0 bridgehead atoms. The van der Waals surface area contributed by atoms with Gasteiger partial charge in [0.15, 0.2) is 0 Å². The SMILES string of the molecule is COCC(CCO)Nc1ccc(C(=O)O)c([N+](=O)[O-])c1. The number of nitrogens with one attached hydrogen (secondary N) is 1. The van der Waals surface area contributed by atoms with E-state index in [0.29, 0.717) is 18.7 Å². The zero-order chi connectivity index (χ0) is 15.1. The van der Waals surface area contributed by atoms with E-state index in [9.17, 15) is 14.9 Å². The predicted octanol–water partition coefficient (Wildman–Crippen LogP) is 1.10. The van der Waals surface area contributed by atoms with Crippen LogP contribution in [-0.4, -0.2) is 47.5 Å². The molecule has 0 aromatic heterocycles. The van der Waals surface area contributed by atoms with Gasteiger partial charge in [-0.2, -0.15) is 0 Å². The molecular weight excluding hydrogens is 268 g/mol. The Hall–Kier alpha value is -2.19. The Bertz CT molecular complexity index is 485. The van der Waals surface area contributed by atoms with Crippen molar-refractivity contribution < 1.29 is 24.7 Å². The molecule has 0 saturated heterocycles. The summed E-state index contributed by atoms with van der Waals surface area (Å²) in [6, 6.07) is 3.55. The van der Waals surface area contributed by atoms with Gasteiger partial charge in [0, 0.05) is 25.5 Å². The molecule has 3 N–H and O–H groups in total. The normalized spacial score (nSPS) is 11.9. The molecule has 0 saturated carbocycles. The number of nitrogens with zero attached hydrogens (tertiary/aromatic N) is 1. The molecule has 1 unspecified atom stereocenters. The van der Waals surface area contributed by atoms with Crippen molar-refractivity contribution in [2.75, 3.05) is 25.6 Å². The van der Waals surface area contributed by atoms with Crippen LogP contribution in [-0.2, 0) is 4.74 Å². The number of rotatable bonds is 8. The number of nitro benzene ring substituents is 1. The predicted molar refractivity (Wildman–Crippen MR) is 71.0 cm³/mol. The largest absolute Gasteiger partial charge is 0.477 e. The van der Waals surface area contributed by atoms with Gasteiger partial charge in [-0.15, -0.1) is 0 Å². The highest BCUT2D eigenvalue weighted by molar-refractivity contribution is 5.93. The number of nitro groups is 1. The third-order valence-corrected chi connectivity index (χ3v) is 2.64. The molecule has 0 spiro atoms. The lowest BCUT2D eigenvalue weighted by Crippen LogP contribution is -2.26. The van der Waals surface area contributed by atoms with E-state index in [0.717, 1.165) is 6.07 Å². The number of aliphatic hydroxyl groups is 1. The number of hydrogen-bond acceptors (Lipinski definition) is 6. The topological polar surface area (TPSA) is 122 Å². The number of carboxylic acid groups (broad SMARTS) is 1. The molecule has 0 radical (unpaired) electrons. The van der Waals surface area contributed by atoms with Gasteiger partial charge in [0.2, 0.25) is 0 Å². The van der Waals surface area contributed by atoms with Gasteiger partial charge >= 0.3 is 5.97 Å². The Kier molecular flexibility index (Phi) is 5.88. The Balaban J connectivity index is 2.99. The molecule has 1 aromatic carbocycles. The van der Waals surface area contributed by atoms with Crippen molar-refractivity contribution in [2.45, 2.75) is 12.5 Å². The van der Waals surface area contributed by atoms with E-state index in [1.165, 1.54) is 19.2 Å². The summed E-state index contributed by atoms with van der Waals surface area (Å²) in [7, 11) is 1.50. The number of ether oxygens (including phenoxy) is 1. The number of carboxylic acids is 1. The Morgan fingerprint density at radius 2 is 2.25 bits per heavy atom. The van der Waals surface area contributed by atoms with Crippen LogP contribution in [0.3, 0.4) is 0 Å². The second-order valence-electron chi connectivity index (χ2n) is 4.10. The first-order chi connectivity index (χ1) is 9.49. The van der Waals surface area contributed by atoms with E-state index in [1.807, 2.05) is 0 Å². The smallest absolute Gasteiger partial charge is 0.342 e. The van der Waals surface area contributed by atoms with Crippen LogP contribution >= 0.6 is 0 Å². The number of methoxy groups -OCH3 is 1. The van der Waals surface area contributed by atoms with Gasteiger partial charge in [0.05, 0.1) is 17.6 Å². The number of benzene rings is 1. The number of hydrogen-bond donors (Lipinski definition) is 3. The van der Waals surface area contributed by atoms with Crippen LogP contribution in [0.2, 0.25) is 0 Å². The first kappa shape index (κ1) is 15.9. The molecule has 1 rings (SSSR count). The molecule has 8 heteroatoms. The van der Waals surface area contributed by atoms with Crippen LogP contribution in [0.1, 0.15) is 16.8 Å². The summed E-state index contributed by atoms with van der Waals surface area (Å²) < 4.78 is 4.97. The third-order valence-electron chi connectivity index (χ3n) is 2.64. The van der Waals surface area contributed by atoms with E-state index < -0.39 is 16.6 Å². The summed E-state index contributed by atoms with van der Waals surface area (Å²) in [5, 5.41) is 31.6. The fourth-order valence-electron chi connectivity index (χ4n) is 1.74. The maximum Gasteiger partial charge on any atom is 0.342 e. The summed E-state index contributed by atoms with van der Waals surface area (Å²) in [6.45, 7) is 0.255. The fraction of sp³-hybridized carbons (Fsp3) is 0.417. The molecule has 0 fully saturated rings. The van der Waals surface area contributed by atoms with Gasteiger partial charge in [-0.3, -0.25) is 10.1 Å². The minimum Gasteiger partial charge on any atom is -0.477 e. The van der Waals surface area contributed by atoms with E-state index in [-0.39, 0.29) is 18.2 Å². The van der Waals surface area contributed by atoms with Crippen molar-refractivity contribution in [1.29, 1.82) is 0 Å². The number of aromatic carboxylic acids is 1. The minimum absolute atomic E-state index is 0.0592. The summed E-state index contributed by atoms with van der Waals surface area (Å²) in [5.41, 5.74) is -0.453. The highest BCUT2D eigenvalue weighted by atomic mass is 16.6. The van der Waals surface area contributed by atoms with Crippen LogP contribution in [0, 0.1) is 10.1 Å². The maximum atomic E-state index is 10.9. The lowest BCUT2D eigenvalue weighted by Gasteiger charge is -2.18. The monoisotopic (exact) mass is 284 g/mol. The molecule has 0 aliphatic rings. The van der Waals surface area contributed by atoms with Crippen LogP contribution in [0.25, 0.3) is 0 Å². The van der Waals surface area contributed by atoms with Crippen molar-refractivity contribution in [2.24, 2.45) is 0 Å². The van der Waals surface area contributed by atoms with Gasteiger partial charge in [0.1, 0.15) is 5.56 Å². The van der Waals surface area contributed by atoms with Crippen molar-refractivity contribution in [3.8, 4) is 0 Å². The number of aliphatic hydroxyl groups excluding tert-OH is 1. The number of carbonyl (C=O) groups is 1. The minimum atomic E-state index is -1.35. The van der Waals surface area contributed by atoms with E-state index in [1.54, 1.807) is 0 Å². The van der Waals surface area contributed by atoms with Gasteiger partial charge in [-0.05, 0) is 18.6 Å². The van der Waals surface area contributed by atoms with E-state index in [4.69, 9.17) is 14.9 Å². The summed E-state index contributed by atoms with van der Waals surface area (Å²) >= 11 is 0. The summed E-state index contributed by atoms with van der Waals surface area (Å²) in [4.78, 5) is 21.0. The van der Waals surface area contributed by atoms with Crippen molar-refractivity contribution in [1.82, 2.24) is 0 Å². The molecule has 0 aliphatic carbocycles. The average Bonchev–Trinajstić information content (AvgIpc) is 2.38. The lowest BCUT2D eigenvalue weighted by molar-refractivity contribution is -0.385. The quantitative estimate of drug-likeness (QED) is 0.482. The van der Waals surface area contributed by atoms with Crippen molar-refractivity contribution >= 4 is 17.3 Å². The molecule has 0 aliphatic heterocycles. The van der Waals surface area contributed by atoms with Crippen LogP contribution in [0.5, 0.6) is 0 Å². The summed E-state index contributed by atoms with van der Waals surface area (Å²) in [6.07, 6.45) is 0.405. The first-order valence-corrected chi connectivity index (χ1v) is 5.87. The Labute approximate surface area is 115 Å². The molecule has 20 heavy (non-hydrogen) atoms. The zero-order valence-electron chi connectivity index (χ0n) is 10.9. The molecule has 1 atom stereocenters. The highest BCUT2D eigenvalue weighted by Crippen LogP contribution is 2.24. The average molecular weight is 284 g/mol. The van der Waals surface area contributed by atoms with Crippen molar-refractivity contribution in [3.63, 3.8) is 0 Å². The zero-order valence-corrected chi connectivity index (χ0v) is 10.9. The van der Waals surface area contributed by atoms with Crippen LogP contribution in [0.15, 0.2) is 18.2 Å². The lowest BCUT2D eigenvalue weighted by atomic mass is 10.1. The molecular formula is C12H16N2O6. The van der Waals surface area contributed by atoms with Crippen LogP contribution < -0.4 is 5.32 Å². The van der Waals surface area contributed by atoms with E-state index in [2.05, 4.69) is 5.32 Å². The molecule has 110 valence electrons. The van der Waals surface area contributed by atoms with Gasteiger partial charge in [0.25, 0.3) is 5.69 Å². The highest BCUT2D eigenvalue weighted by Gasteiger charge is 2.20. The van der Waals surface area contributed by atoms with Crippen LogP contribution in [0.4, 0.5) is 11.4 Å². The second kappa shape index (κ2) is 7.41. The fourth-order valence-corrected chi connectivity index (χ4v) is 1.74. The maximum absolute atomic E-state index is 10.9. The molecule has 8 nitrogen and oxygen atoms in total. The Morgan fingerprint density at radius 3 is 2.75 bits per heavy atom. The molecule has 0 heterocycles. The van der Waals surface area contributed by atoms with Gasteiger partial charge < -0.3 is 20.3 Å². The Morgan fingerprint density at radius 1 is 1.55 bits per heavy atom. The first-order valence-electron chi connectivity index (χ1n) is 5.87. The third kappa shape index (κ3) is 4.18.